The van der Waals surface area contributed by atoms with E-state index in [0.717, 1.165) is 11.4 Å². The molecule has 0 atom stereocenters. The van der Waals surface area contributed by atoms with Gasteiger partial charge in [0.1, 0.15) is 5.69 Å². The minimum Gasteiger partial charge on any atom is -0.292 e. The van der Waals surface area contributed by atoms with Crippen molar-refractivity contribution >= 4 is 17.1 Å². The van der Waals surface area contributed by atoms with Gasteiger partial charge in [-0.15, -0.1) is 11.3 Å². The number of hydrogen-bond acceptors (Lipinski definition) is 3. The number of ketones is 1. The molecule has 0 aliphatic carbocycles. The summed E-state index contributed by atoms with van der Waals surface area (Å²) in [6, 6.07) is 0. The molecular formula is C8H11NOS. The maximum absolute atomic E-state index is 11.2. The molecule has 0 spiro atoms. The summed E-state index contributed by atoms with van der Waals surface area (Å²) in [5.74, 6) is 0.164. The summed E-state index contributed by atoms with van der Waals surface area (Å²) < 4.78 is 0. The molecule has 0 N–H and O–H groups in total. The van der Waals surface area contributed by atoms with Gasteiger partial charge in [-0.3, -0.25) is 4.79 Å². The number of thiazole rings is 1. The second-order valence-electron chi connectivity index (χ2n) is 2.42. The lowest BCUT2D eigenvalue weighted by atomic mass is 10.2. The van der Waals surface area contributed by atoms with Crippen molar-refractivity contribution in [2.24, 2.45) is 0 Å². The van der Waals surface area contributed by atoms with Gasteiger partial charge in [0.15, 0.2) is 5.78 Å². The molecule has 1 rings (SSSR count). The second-order valence-corrected chi connectivity index (χ2v) is 3.49. The number of nitrogens with zero attached hydrogens (tertiary/aromatic N) is 1. The van der Waals surface area contributed by atoms with Crippen molar-refractivity contribution in [3.05, 3.63) is 16.1 Å². The highest BCUT2D eigenvalue weighted by atomic mass is 32.1. The van der Waals surface area contributed by atoms with Gasteiger partial charge in [-0.25, -0.2) is 4.98 Å². The number of rotatable bonds is 3. The smallest absolute Gasteiger partial charge is 0.182 e. The molecule has 2 nitrogen and oxygen atoms in total. The third kappa shape index (κ3) is 2.12. The number of aryl methyl sites for hydroxylation is 1. The standard InChI is InChI=1S/C8H11NOS/c1-3-4-8(10)7-5-11-6(2)9-7/h5H,3-4H2,1-2H3. The molecule has 0 radical (unpaired) electrons. The Labute approximate surface area is 70.3 Å². The molecule has 1 aromatic rings. The van der Waals surface area contributed by atoms with Crippen molar-refractivity contribution in [1.82, 2.24) is 4.98 Å². The monoisotopic (exact) mass is 169 g/mol. The lowest BCUT2D eigenvalue weighted by Crippen LogP contribution is -1.97. The van der Waals surface area contributed by atoms with Gasteiger partial charge < -0.3 is 0 Å². The van der Waals surface area contributed by atoms with Crippen molar-refractivity contribution < 1.29 is 4.79 Å². The first-order chi connectivity index (χ1) is 5.24. The molecular weight excluding hydrogens is 158 g/mol. The maximum atomic E-state index is 11.2. The Morgan fingerprint density at radius 1 is 1.73 bits per heavy atom. The number of carbonyl (C=O) groups excluding carboxylic acids is 1. The summed E-state index contributed by atoms with van der Waals surface area (Å²) in [6.45, 7) is 3.91. The predicted octanol–water partition coefficient (Wildman–Crippen LogP) is 2.43. The van der Waals surface area contributed by atoms with Crippen molar-refractivity contribution in [2.45, 2.75) is 26.7 Å². The zero-order valence-corrected chi connectivity index (χ0v) is 7.57. The second kappa shape index (κ2) is 3.62. The third-order valence-corrected chi connectivity index (χ3v) is 2.16. The average Bonchev–Trinajstić information content (AvgIpc) is 2.36. The molecule has 1 heterocycles. The summed E-state index contributed by atoms with van der Waals surface area (Å²) in [4.78, 5) is 15.3. The highest BCUT2D eigenvalue weighted by Crippen LogP contribution is 2.10. The largest absolute Gasteiger partial charge is 0.292 e. The summed E-state index contributed by atoms with van der Waals surface area (Å²) in [5.41, 5.74) is 0.634. The van der Waals surface area contributed by atoms with Crippen molar-refractivity contribution in [3.8, 4) is 0 Å². The zero-order chi connectivity index (χ0) is 8.27. The summed E-state index contributed by atoms with van der Waals surface area (Å²) >= 11 is 1.53. The lowest BCUT2D eigenvalue weighted by molar-refractivity contribution is 0.0977. The van der Waals surface area contributed by atoms with Crippen molar-refractivity contribution in [3.63, 3.8) is 0 Å². The number of aromatic nitrogens is 1. The van der Waals surface area contributed by atoms with Gasteiger partial charge in [-0.1, -0.05) is 6.92 Å². The summed E-state index contributed by atoms with van der Waals surface area (Å²) in [7, 11) is 0. The van der Waals surface area contributed by atoms with Crippen LogP contribution in [0.15, 0.2) is 5.38 Å². The van der Waals surface area contributed by atoms with Gasteiger partial charge in [0.2, 0.25) is 0 Å². The lowest BCUT2D eigenvalue weighted by Gasteiger charge is -1.90. The van der Waals surface area contributed by atoms with Gasteiger partial charge in [0.05, 0.1) is 5.01 Å². The minimum absolute atomic E-state index is 0.164. The van der Waals surface area contributed by atoms with Crippen LogP contribution < -0.4 is 0 Å². The molecule has 0 aromatic carbocycles. The average molecular weight is 169 g/mol. The van der Waals surface area contributed by atoms with Gasteiger partial charge in [0.25, 0.3) is 0 Å². The molecule has 11 heavy (non-hydrogen) atoms. The Bertz CT molecular complexity index is 254. The number of carbonyl (C=O) groups is 1. The molecule has 1 aromatic heterocycles. The highest BCUT2D eigenvalue weighted by molar-refractivity contribution is 7.09. The Morgan fingerprint density at radius 3 is 2.91 bits per heavy atom. The molecule has 0 saturated carbocycles. The Kier molecular flexibility index (Phi) is 2.76. The van der Waals surface area contributed by atoms with Gasteiger partial charge >= 0.3 is 0 Å². The molecule has 60 valence electrons. The molecule has 0 fully saturated rings. The maximum Gasteiger partial charge on any atom is 0.182 e. The van der Waals surface area contributed by atoms with E-state index >= 15 is 0 Å². The van der Waals surface area contributed by atoms with Crippen molar-refractivity contribution in [2.75, 3.05) is 0 Å². The van der Waals surface area contributed by atoms with Crippen LogP contribution in [0.5, 0.6) is 0 Å². The quantitative estimate of drug-likeness (QED) is 0.650. The first kappa shape index (κ1) is 8.40. The van der Waals surface area contributed by atoms with Crippen LogP contribution in [0, 0.1) is 6.92 Å². The minimum atomic E-state index is 0.164. The van der Waals surface area contributed by atoms with E-state index in [1.54, 1.807) is 0 Å². The third-order valence-electron chi connectivity index (χ3n) is 1.38. The summed E-state index contributed by atoms with van der Waals surface area (Å²) in [6.07, 6.45) is 1.51. The highest BCUT2D eigenvalue weighted by Gasteiger charge is 2.06. The first-order valence-electron chi connectivity index (χ1n) is 3.69. The fraction of sp³-hybridized carbons (Fsp3) is 0.500. The van der Waals surface area contributed by atoms with Crippen LogP contribution in [-0.2, 0) is 0 Å². The summed E-state index contributed by atoms with van der Waals surface area (Å²) in [5, 5.41) is 2.79. The number of hydrogen-bond donors (Lipinski definition) is 0. The van der Waals surface area contributed by atoms with Crippen LogP contribution >= 0.6 is 11.3 Å². The van der Waals surface area contributed by atoms with Crippen molar-refractivity contribution in [1.29, 1.82) is 0 Å². The van der Waals surface area contributed by atoms with E-state index in [4.69, 9.17) is 0 Å². The molecule has 3 heteroatoms. The Balaban J connectivity index is 2.69. The van der Waals surface area contributed by atoms with E-state index in [1.807, 2.05) is 19.2 Å². The molecule has 0 aliphatic rings. The van der Waals surface area contributed by atoms with Crippen LogP contribution in [0.2, 0.25) is 0 Å². The van der Waals surface area contributed by atoms with E-state index in [9.17, 15) is 4.79 Å². The van der Waals surface area contributed by atoms with Crippen LogP contribution in [0.3, 0.4) is 0 Å². The first-order valence-corrected chi connectivity index (χ1v) is 4.57. The van der Waals surface area contributed by atoms with Gasteiger partial charge in [-0.2, -0.15) is 0 Å². The molecule has 0 amide bonds. The molecule has 0 saturated heterocycles. The van der Waals surface area contributed by atoms with Gasteiger partial charge in [-0.05, 0) is 13.3 Å². The topological polar surface area (TPSA) is 30.0 Å². The van der Waals surface area contributed by atoms with E-state index in [1.165, 1.54) is 11.3 Å². The van der Waals surface area contributed by atoms with E-state index in [2.05, 4.69) is 4.98 Å². The zero-order valence-electron chi connectivity index (χ0n) is 6.76. The fourth-order valence-electron chi connectivity index (χ4n) is 0.847. The van der Waals surface area contributed by atoms with Crippen LogP contribution in [-0.4, -0.2) is 10.8 Å². The van der Waals surface area contributed by atoms with Gasteiger partial charge in [0, 0.05) is 11.8 Å². The van der Waals surface area contributed by atoms with Crippen LogP contribution in [0.4, 0.5) is 0 Å². The molecule has 0 bridgehead atoms. The van der Waals surface area contributed by atoms with Crippen LogP contribution in [0.25, 0.3) is 0 Å². The molecule has 0 unspecified atom stereocenters. The van der Waals surface area contributed by atoms with E-state index in [0.29, 0.717) is 12.1 Å². The van der Waals surface area contributed by atoms with Crippen LogP contribution in [0.1, 0.15) is 35.3 Å². The SMILES string of the molecule is CCCC(=O)c1csc(C)n1. The normalized spacial score (nSPS) is 10.0. The Morgan fingerprint density at radius 2 is 2.45 bits per heavy atom. The molecule has 0 aliphatic heterocycles. The van der Waals surface area contributed by atoms with E-state index in [-0.39, 0.29) is 5.78 Å². The van der Waals surface area contributed by atoms with E-state index < -0.39 is 0 Å². The Hall–Kier alpha value is -0.700. The fourth-order valence-corrected chi connectivity index (χ4v) is 1.46. The predicted molar refractivity (Wildman–Crippen MR) is 46.1 cm³/mol. The number of Topliss-reactive ketones (excluding diaryl/α,β-unsaturated/α-hetero) is 1.